The number of ether oxygens (including phenoxy) is 1. The van der Waals surface area contributed by atoms with Crippen molar-refractivity contribution in [3.8, 4) is 5.75 Å². The molecular weight excluding hydrogens is 185 g/mol. The van der Waals surface area contributed by atoms with E-state index in [-0.39, 0.29) is 6.54 Å². The van der Waals surface area contributed by atoms with Crippen LogP contribution in [0.15, 0.2) is 18.2 Å². The highest BCUT2D eigenvalue weighted by molar-refractivity contribution is 5.62. The van der Waals surface area contributed by atoms with Gasteiger partial charge < -0.3 is 15.3 Å². The fourth-order valence-electron chi connectivity index (χ4n) is 1.19. The molecule has 0 aromatic heterocycles. The van der Waals surface area contributed by atoms with Crippen molar-refractivity contribution >= 4 is 6.29 Å². The fraction of sp³-hybridized carbons (Fsp3) is 0.300. The second kappa shape index (κ2) is 4.72. The van der Waals surface area contributed by atoms with Gasteiger partial charge in [-0.2, -0.15) is 0 Å². The van der Waals surface area contributed by atoms with Crippen molar-refractivity contribution in [1.29, 1.82) is 0 Å². The van der Waals surface area contributed by atoms with Gasteiger partial charge in [0.25, 0.3) is 0 Å². The molecule has 0 aliphatic carbocycles. The molecule has 0 bridgehead atoms. The molecule has 1 atom stereocenters. The van der Waals surface area contributed by atoms with Crippen molar-refractivity contribution in [3.63, 3.8) is 0 Å². The highest BCUT2D eigenvalue weighted by atomic mass is 19.1. The first-order valence-electron chi connectivity index (χ1n) is 4.21. The van der Waals surface area contributed by atoms with Gasteiger partial charge in [-0.3, -0.25) is 0 Å². The molecule has 0 amide bonds. The molecule has 76 valence electrons. The second-order valence-electron chi connectivity index (χ2n) is 2.87. The number of hydrogen-bond donors (Lipinski definition) is 1. The first-order chi connectivity index (χ1) is 6.72. The molecule has 0 heterocycles. The van der Waals surface area contributed by atoms with Gasteiger partial charge in [-0.1, -0.05) is 6.07 Å². The molecule has 0 radical (unpaired) electrons. The molecule has 1 aromatic carbocycles. The third kappa shape index (κ3) is 2.09. The first-order valence-corrected chi connectivity index (χ1v) is 4.21. The molecule has 0 spiro atoms. The highest BCUT2D eigenvalue weighted by Crippen LogP contribution is 2.21. The van der Waals surface area contributed by atoms with E-state index >= 15 is 0 Å². The van der Waals surface area contributed by atoms with Crippen molar-refractivity contribution in [1.82, 2.24) is 0 Å². The van der Waals surface area contributed by atoms with Gasteiger partial charge in [-0.25, -0.2) is 4.39 Å². The lowest BCUT2D eigenvalue weighted by molar-refractivity contribution is -0.108. The van der Waals surface area contributed by atoms with Crippen molar-refractivity contribution in [3.05, 3.63) is 29.6 Å². The van der Waals surface area contributed by atoms with E-state index in [1.165, 1.54) is 19.2 Å². The minimum Gasteiger partial charge on any atom is -0.497 e. The topological polar surface area (TPSA) is 52.3 Å². The Morgan fingerprint density at radius 3 is 2.79 bits per heavy atom. The summed E-state index contributed by atoms with van der Waals surface area (Å²) in [4.78, 5) is 10.6. The molecule has 0 saturated heterocycles. The molecule has 0 saturated carbocycles. The van der Waals surface area contributed by atoms with Crippen LogP contribution in [0.5, 0.6) is 5.75 Å². The van der Waals surface area contributed by atoms with Gasteiger partial charge in [0.15, 0.2) is 0 Å². The highest BCUT2D eigenvalue weighted by Gasteiger charge is 2.13. The third-order valence-corrected chi connectivity index (χ3v) is 2.03. The molecular formula is C10H12FNO2. The molecule has 0 aliphatic rings. The molecule has 1 rings (SSSR count). The molecule has 1 aromatic rings. The largest absolute Gasteiger partial charge is 0.497 e. The summed E-state index contributed by atoms with van der Waals surface area (Å²) in [5.74, 6) is -0.624. The maximum Gasteiger partial charge on any atom is 0.130 e. The Labute approximate surface area is 81.7 Å². The lowest BCUT2D eigenvalue weighted by atomic mass is 10.0. The molecule has 0 fully saturated rings. The zero-order valence-corrected chi connectivity index (χ0v) is 7.87. The summed E-state index contributed by atoms with van der Waals surface area (Å²) in [6.07, 6.45) is 0.644. The van der Waals surface area contributed by atoms with Gasteiger partial charge in [0.2, 0.25) is 0 Å². The van der Waals surface area contributed by atoms with Crippen LogP contribution >= 0.6 is 0 Å². The van der Waals surface area contributed by atoms with Crippen LogP contribution < -0.4 is 10.5 Å². The van der Waals surface area contributed by atoms with Gasteiger partial charge >= 0.3 is 0 Å². The molecule has 0 aliphatic heterocycles. The summed E-state index contributed by atoms with van der Waals surface area (Å²) < 4.78 is 18.2. The predicted octanol–water partition coefficient (Wildman–Crippen LogP) is 1.08. The van der Waals surface area contributed by atoms with Crippen LogP contribution in [0.2, 0.25) is 0 Å². The van der Waals surface area contributed by atoms with Crippen LogP contribution in [-0.2, 0) is 4.79 Å². The Bertz CT molecular complexity index is 328. The summed E-state index contributed by atoms with van der Waals surface area (Å²) in [5.41, 5.74) is 5.63. The van der Waals surface area contributed by atoms with Crippen LogP contribution in [0, 0.1) is 5.82 Å². The Morgan fingerprint density at radius 2 is 2.36 bits per heavy atom. The number of aldehydes is 1. The van der Waals surface area contributed by atoms with Gasteiger partial charge in [0.05, 0.1) is 13.0 Å². The standard InChI is InChI=1S/C10H12FNO2/c1-14-8-2-3-9(10(11)4-8)7(5-12)6-13/h2-4,6-7H,5,12H2,1H3. The van der Waals surface area contributed by atoms with E-state index in [1.807, 2.05) is 0 Å². The van der Waals surface area contributed by atoms with E-state index in [0.717, 1.165) is 0 Å². The number of benzene rings is 1. The lowest BCUT2D eigenvalue weighted by Gasteiger charge is -2.09. The Hall–Kier alpha value is -1.42. The summed E-state index contributed by atoms with van der Waals surface area (Å²) >= 11 is 0. The summed E-state index contributed by atoms with van der Waals surface area (Å²) in [6, 6.07) is 4.35. The number of methoxy groups -OCH3 is 1. The van der Waals surface area contributed by atoms with Crippen molar-refractivity contribution < 1.29 is 13.9 Å². The van der Waals surface area contributed by atoms with Crippen molar-refractivity contribution in [2.45, 2.75) is 5.92 Å². The average molecular weight is 197 g/mol. The zero-order valence-electron chi connectivity index (χ0n) is 7.87. The van der Waals surface area contributed by atoms with Gasteiger partial charge in [-0.05, 0) is 11.6 Å². The van der Waals surface area contributed by atoms with Crippen LogP contribution in [0.1, 0.15) is 11.5 Å². The van der Waals surface area contributed by atoms with Crippen molar-refractivity contribution in [2.24, 2.45) is 5.73 Å². The lowest BCUT2D eigenvalue weighted by Crippen LogP contribution is -2.14. The molecule has 1 unspecified atom stereocenters. The smallest absolute Gasteiger partial charge is 0.130 e. The maximum absolute atomic E-state index is 13.4. The van der Waals surface area contributed by atoms with Crippen LogP contribution in [-0.4, -0.2) is 19.9 Å². The number of carbonyl (C=O) groups is 1. The van der Waals surface area contributed by atoms with Gasteiger partial charge in [0.1, 0.15) is 17.9 Å². The summed E-state index contributed by atoms with van der Waals surface area (Å²) in [5, 5.41) is 0. The van der Waals surface area contributed by atoms with E-state index in [2.05, 4.69) is 0 Å². The maximum atomic E-state index is 13.4. The summed E-state index contributed by atoms with van der Waals surface area (Å²) in [6.45, 7) is 0.104. The summed E-state index contributed by atoms with van der Waals surface area (Å²) in [7, 11) is 1.45. The number of rotatable bonds is 4. The van der Waals surface area contributed by atoms with E-state index in [9.17, 15) is 9.18 Å². The van der Waals surface area contributed by atoms with Gasteiger partial charge in [0, 0.05) is 12.6 Å². The number of halogens is 1. The Morgan fingerprint density at radius 1 is 1.64 bits per heavy atom. The number of carbonyl (C=O) groups excluding carboxylic acids is 1. The quantitative estimate of drug-likeness (QED) is 0.735. The molecule has 2 N–H and O–H groups in total. The molecule has 4 heteroatoms. The van der Waals surface area contributed by atoms with Gasteiger partial charge in [-0.15, -0.1) is 0 Å². The first kappa shape index (κ1) is 10.7. The zero-order chi connectivity index (χ0) is 10.6. The number of hydrogen-bond acceptors (Lipinski definition) is 3. The fourth-order valence-corrected chi connectivity index (χ4v) is 1.19. The Balaban J connectivity index is 3.04. The molecule has 14 heavy (non-hydrogen) atoms. The normalized spacial score (nSPS) is 12.2. The molecule has 3 nitrogen and oxygen atoms in total. The average Bonchev–Trinajstić information content (AvgIpc) is 2.22. The minimum absolute atomic E-state index is 0.104. The third-order valence-electron chi connectivity index (χ3n) is 2.03. The van der Waals surface area contributed by atoms with E-state index in [1.54, 1.807) is 6.07 Å². The minimum atomic E-state index is -0.582. The van der Waals surface area contributed by atoms with Crippen LogP contribution in [0.4, 0.5) is 4.39 Å². The second-order valence-corrected chi connectivity index (χ2v) is 2.87. The Kier molecular flexibility index (Phi) is 3.59. The monoisotopic (exact) mass is 197 g/mol. The number of nitrogens with two attached hydrogens (primary N) is 1. The SMILES string of the molecule is COc1ccc(C(C=O)CN)c(F)c1. The predicted molar refractivity (Wildman–Crippen MR) is 50.8 cm³/mol. The van der Waals surface area contributed by atoms with E-state index in [4.69, 9.17) is 10.5 Å². The van der Waals surface area contributed by atoms with E-state index in [0.29, 0.717) is 17.6 Å². The van der Waals surface area contributed by atoms with Crippen LogP contribution in [0.25, 0.3) is 0 Å². The van der Waals surface area contributed by atoms with Crippen molar-refractivity contribution in [2.75, 3.05) is 13.7 Å². The van der Waals surface area contributed by atoms with Crippen LogP contribution in [0.3, 0.4) is 0 Å². The van der Waals surface area contributed by atoms with E-state index < -0.39 is 11.7 Å².